The zero-order chi connectivity index (χ0) is 13.7. The molecule has 19 heavy (non-hydrogen) atoms. The van der Waals surface area contributed by atoms with Gasteiger partial charge in [0.2, 0.25) is 10.0 Å². The molecule has 1 heterocycles. The van der Waals surface area contributed by atoms with E-state index in [1.165, 1.54) is 6.20 Å². The summed E-state index contributed by atoms with van der Waals surface area (Å²) in [6, 6.07) is 9.27. The molecule has 0 saturated carbocycles. The average molecular weight is 280 g/mol. The SMILES string of the molecule is O=S(=O)(CCCCO)Nc1cnc2ccccc2c1. The third kappa shape index (κ3) is 3.90. The van der Waals surface area contributed by atoms with Gasteiger partial charge in [0.25, 0.3) is 0 Å². The van der Waals surface area contributed by atoms with E-state index in [0.29, 0.717) is 18.5 Å². The van der Waals surface area contributed by atoms with Crippen LogP contribution in [0.15, 0.2) is 36.5 Å². The predicted octanol–water partition coefficient (Wildman–Crippen LogP) is 1.75. The number of nitrogens with zero attached hydrogens (tertiary/aromatic N) is 1. The average Bonchev–Trinajstić information content (AvgIpc) is 2.38. The summed E-state index contributed by atoms with van der Waals surface area (Å²) in [7, 11) is -3.38. The van der Waals surface area contributed by atoms with Gasteiger partial charge in [0, 0.05) is 12.0 Å². The number of aliphatic hydroxyl groups excluding tert-OH is 1. The van der Waals surface area contributed by atoms with Gasteiger partial charge in [0.15, 0.2) is 0 Å². The van der Waals surface area contributed by atoms with Crippen LogP contribution in [0.25, 0.3) is 10.9 Å². The fraction of sp³-hybridized carbons (Fsp3) is 0.308. The number of hydrogen-bond acceptors (Lipinski definition) is 4. The number of anilines is 1. The Labute approximate surface area is 112 Å². The molecule has 6 heteroatoms. The Hall–Kier alpha value is -1.66. The van der Waals surface area contributed by atoms with E-state index in [0.717, 1.165) is 10.9 Å². The largest absolute Gasteiger partial charge is 0.396 e. The van der Waals surface area contributed by atoms with Crippen LogP contribution in [0.3, 0.4) is 0 Å². The molecule has 0 bridgehead atoms. The van der Waals surface area contributed by atoms with Gasteiger partial charge < -0.3 is 5.11 Å². The Balaban J connectivity index is 2.12. The van der Waals surface area contributed by atoms with Crippen LogP contribution in [-0.2, 0) is 10.0 Å². The number of sulfonamides is 1. The maximum Gasteiger partial charge on any atom is 0.232 e. The second-order valence-corrected chi connectivity index (χ2v) is 6.11. The van der Waals surface area contributed by atoms with Gasteiger partial charge in [-0.1, -0.05) is 18.2 Å². The van der Waals surface area contributed by atoms with E-state index in [1.807, 2.05) is 24.3 Å². The van der Waals surface area contributed by atoms with Gasteiger partial charge in [0.1, 0.15) is 0 Å². The van der Waals surface area contributed by atoms with Crippen LogP contribution >= 0.6 is 0 Å². The predicted molar refractivity (Wildman–Crippen MR) is 75.5 cm³/mol. The maximum absolute atomic E-state index is 11.8. The van der Waals surface area contributed by atoms with Gasteiger partial charge in [-0.05, 0) is 25.0 Å². The third-order valence-corrected chi connectivity index (χ3v) is 4.06. The van der Waals surface area contributed by atoms with Crippen LogP contribution in [0.4, 0.5) is 5.69 Å². The van der Waals surface area contributed by atoms with Crippen LogP contribution in [0, 0.1) is 0 Å². The van der Waals surface area contributed by atoms with Crippen LogP contribution in [0.5, 0.6) is 0 Å². The quantitative estimate of drug-likeness (QED) is 0.790. The monoisotopic (exact) mass is 280 g/mol. The van der Waals surface area contributed by atoms with Gasteiger partial charge in [-0.2, -0.15) is 0 Å². The number of aromatic nitrogens is 1. The Morgan fingerprint density at radius 3 is 2.79 bits per heavy atom. The van der Waals surface area contributed by atoms with Gasteiger partial charge in [0.05, 0.1) is 23.2 Å². The van der Waals surface area contributed by atoms with E-state index in [2.05, 4.69) is 9.71 Å². The molecule has 2 rings (SSSR count). The van der Waals surface area contributed by atoms with Crippen molar-refractivity contribution in [2.24, 2.45) is 0 Å². The lowest BCUT2D eigenvalue weighted by atomic mass is 10.2. The summed E-state index contributed by atoms with van der Waals surface area (Å²) in [6.45, 7) is 0.00699. The molecule has 5 nitrogen and oxygen atoms in total. The number of nitrogens with one attached hydrogen (secondary N) is 1. The van der Waals surface area contributed by atoms with Gasteiger partial charge in [-0.25, -0.2) is 8.42 Å². The molecular weight excluding hydrogens is 264 g/mol. The van der Waals surface area contributed by atoms with E-state index >= 15 is 0 Å². The molecular formula is C13H16N2O3S. The zero-order valence-corrected chi connectivity index (χ0v) is 11.2. The summed E-state index contributed by atoms with van der Waals surface area (Å²) < 4.78 is 26.1. The highest BCUT2D eigenvalue weighted by atomic mass is 32.2. The lowest BCUT2D eigenvalue weighted by molar-refractivity contribution is 0.287. The summed E-state index contributed by atoms with van der Waals surface area (Å²) >= 11 is 0. The number of hydrogen-bond donors (Lipinski definition) is 2. The first-order valence-corrected chi connectivity index (χ1v) is 7.72. The highest BCUT2D eigenvalue weighted by Crippen LogP contribution is 2.17. The number of unbranched alkanes of at least 4 members (excludes halogenated alkanes) is 1. The molecule has 0 aliphatic rings. The van der Waals surface area contributed by atoms with Crippen molar-refractivity contribution in [2.45, 2.75) is 12.8 Å². The molecule has 0 aliphatic heterocycles. The Morgan fingerprint density at radius 1 is 1.21 bits per heavy atom. The van der Waals surface area contributed by atoms with E-state index in [4.69, 9.17) is 5.11 Å². The molecule has 2 aromatic rings. The Morgan fingerprint density at radius 2 is 2.00 bits per heavy atom. The van der Waals surface area contributed by atoms with Crippen LogP contribution < -0.4 is 4.72 Å². The first-order chi connectivity index (χ1) is 9.11. The topological polar surface area (TPSA) is 79.3 Å². The zero-order valence-electron chi connectivity index (χ0n) is 10.4. The number of pyridine rings is 1. The molecule has 1 aromatic carbocycles. The van der Waals surface area contributed by atoms with Gasteiger partial charge in [-0.15, -0.1) is 0 Å². The van der Waals surface area contributed by atoms with Crippen molar-refractivity contribution in [1.29, 1.82) is 0 Å². The van der Waals surface area contributed by atoms with E-state index in [-0.39, 0.29) is 12.4 Å². The fourth-order valence-electron chi connectivity index (χ4n) is 1.76. The summed E-state index contributed by atoms with van der Waals surface area (Å²) in [5.74, 6) is 0.000384. The smallest absolute Gasteiger partial charge is 0.232 e. The Kier molecular flexibility index (Phi) is 4.34. The number of fused-ring (bicyclic) bond motifs is 1. The lowest BCUT2D eigenvalue weighted by Gasteiger charge is -2.08. The normalized spacial score (nSPS) is 11.6. The summed E-state index contributed by atoms with van der Waals surface area (Å²) in [5.41, 5.74) is 1.29. The van der Waals surface area contributed by atoms with Crippen LogP contribution in [-0.4, -0.2) is 30.9 Å². The van der Waals surface area contributed by atoms with Crippen LogP contribution in [0.1, 0.15) is 12.8 Å². The number of para-hydroxylation sites is 1. The summed E-state index contributed by atoms with van der Waals surface area (Å²) in [6.07, 6.45) is 2.43. The van der Waals surface area contributed by atoms with Crippen molar-refractivity contribution in [2.75, 3.05) is 17.1 Å². The van der Waals surface area contributed by atoms with Crippen molar-refractivity contribution in [3.05, 3.63) is 36.5 Å². The van der Waals surface area contributed by atoms with E-state index in [1.54, 1.807) is 6.07 Å². The maximum atomic E-state index is 11.8. The molecule has 102 valence electrons. The van der Waals surface area contributed by atoms with Crippen molar-refractivity contribution >= 4 is 26.6 Å². The fourth-order valence-corrected chi connectivity index (χ4v) is 2.92. The molecule has 0 unspecified atom stereocenters. The minimum atomic E-state index is -3.38. The van der Waals surface area contributed by atoms with Crippen LogP contribution in [0.2, 0.25) is 0 Å². The molecule has 0 amide bonds. The number of aliphatic hydroxyl groups is 1. The standard InChI is InChI=1S/C13H16N2O3S/c16-7-3-4-8-19(17,18)15-12-9-11-5-1-2-6-13(11)14-10-12/h1-2,5-6,9-10,15-16H,3-4,7-8H2. The minimum Gasteiger partial charge on any atom is -0.396 e. The third-order valence-electron chi connectivity index (χ3n) is 2.69. The van der Waals surface area contributed by atoms with Crippen molar-refractivity contribution in [3.8, 4) is 0 Å². The first kappa shape index (κ1) is 13.8. The molecule has 0 atom stereocenters. The highest BCUT2D eigenvalue weighted by Gasteiger charge is 2.10. The number of rotatable bonds is 6. The number of benzene rings is 1. The molecule has 0 aliphatic carbocycles. The lowest BCUT2D eigenvalue weighted by Crippen LogP contribution is -2.17. The molecule has 1 aromatic heterocycles. The van der Waals surface area contributed by atoms with Crippen molar-refractivity contribution < 1.29 is 13.5 Å². The second-order valence-electron chi connectivity index (χ2n) is 4.27. The summed E-state index contributed by atoms with van der Waals surface area (Å²) in [5, 5.41) is 9.53. The minimum absolute atomic E-state index is 0.000384. The van der Waals surface area contributed by atoms with Gasteiger partial charge in [-0.3, -0.25) is 9.71 Å². The van der Waals surface area contributed by atoms with Gasteiger partial charge >= 0.3 is 0 Å². The molecule has 0 spiro atoms. The molecule has 2 N–H and O–H groups in total. The van der Waals surface area contributed by atoms with Crippen molar-refractivity contribution in [1.82, 2.24) is 4.98 Å². The summed E-state index contributed by atoms with van der Waals surface area (Å²) in [4.78, 5) is 4.19. The van der Waals surface area contributed by atoms with E-state index < -0.39 is 10.0 Å². The second kappa shape index (κ2) is 5.99. The molecule has 0 radical (unpaired) electrons. The Bertz CT molecular complexity index is 656. The van der Waals surface area contributed by atoms with Crippen molar-refractivity contribution in [3.63, 3.8) is 0 Å². The highest BCUT2D eigenvalue weighted by molar-refractivity contribution is 7.92. The molecule has 0 saturated heterocycles. The molecule has 0 fully saturated rings. The van der Waals surface area contributed by atoms with E-state index in [9.17, 15) is 8.42 Å². The first-order valence-electron chi connectivity index (χ1n) is 6.07.